The average molecular weight is 715 g/mol. The summed E-state index contributed by atoms with van der Waals surface area (Å²) in [5.41, 5.74) is 7.67. The first kappa shape index (κ1) is 30.8. The van der Waals surface area contributed by atoms with E-state index in [-0.39, 0.29) is 0 Å². The summed E-state index contributed by atoms with van der Waals surface area (Å²) in [6.07, 6.45) is 0. The van der Waals surface area contributed by atoms with Gasteiger partial charge in [-0.3, -0.25) is 4.57 Å². The predicted octanol–water partition coefficient (Wildman–Crippen LogP) is 13.3. The molecule has 0 saturated heterocycles. The van der Waals surface area contributed by atoms with Crippen LogP contribution in [-0.4, -0.2) is 19.5 Å². The molecule has 0 bridgehead atoms. The van der Waals surface area contributed by atoms with Gasteiger partial charge in [-0.25, -0.2) is 4.98 Å². The molecule has 3 aromatic heterocycles. The van der Waals surface area contributed by atoms with Gasteiger partial charge in [-0.1, -0.05) is 152 Å². The van der Waals surface area contributed by atoms with Crippen molar-refractivity contribution in [3.63, 3.8) is 0 Å². The molecule has 260 valence electrons. The minimum absolute atomic E-state index is 0.547. The number of hydrogen-bond donors (Lipinski definition) is 0. The maximum atomic E-state index is 6.82. The Morgan fingerprint density at radius 1 is 0.393 bits per heavy atom. The van der Waals surface area contributed by atoms with Gasteiger partial charge in [0.15, 0.2) is 11.6 Å². The first-order chi connectivity index (χ1) is 27.7. The molecule has 0 aliphatic heterocycles. The van der Waals surface area contributed by atoms with Crippen molar-refractivity contribution in [2.75, 3.05) is 0 Å². The molecule has 0 amide bonds. The molecular weight excluding hydrogens is 685 g/mol. The fraction of sp³-hybridized carbons (Fsp3) is 0. The van der Waals surface area contributed by atoms with Crippen molar-refractivity contribution in [2.45, 2.75) is 0 Å². The van der Waals surface area contributed by atoms with Crippen molar-refractivity contribution in [1.82, 2.24) is 19.5 Å². The molecule has 0 radical (unpaired) electrons. The Hall–Kier alpha value is -7.63. The normalized spacial score (nSPS) is 11.9. The van der Waals surface area contributed by atoms with E-state index in [0.29, 0.717) is 17.6 Å². The highest BCUT2D eigenvalue weighted by Crippen LogP contribution is 2.46. The standard InChI is InChI=1S/C51H30N4O/c1-2-14-32(15-3-1)49-52-50(37-26-25-31-13-4-5-16-33(31)27-37)54-51(53-49)55-44-30-35-18-7-6-17-34(35)28-42(44)40-22-12-23-41(47(40)55)46-38-20-9-8-19-36(38)29-43-39-21-10-11-24-45(39)56-48(43)46/h1-30H. The zero-order chi connectivity index (χ0) is 36.7. The van der Waals surface area contributed by atoms with Gasteiger partial charge >= 0.3 is 0 Å². The summed E-state index contributed by atoms with van der Waals surface area (Å²) < 4.78 is 9.07. The van der Waals surface area contributed by atoms with Gasteiger partial charge in [-0.05, 0) is 62.6 Å². The summed E-state index contributed by atoms with van der Waals surface area (Å²) in [5.74, 6) is 1.76. The van der Waals surface area contributed by atoms with Gasteiger partial charge < -0.3 is 4.42 Å². The van der Waals surface area contributed by atoms with Crippen LogP contribution in [0.2, 0.25) is 0 Å². The fourth-order valence-corrected chi connectivity index (χ4v) is 8.59. The van der Waals surface area contributed by atoms with E-state index in [0.717, 1.165) is 87.5 Å². The zero-order valence-electron chi connectivity index (χ0n) is 30.0. The highest BCUT2D eigenvalue weighted by atomic mass is 16.3. The number of hydrogen-bond acceptors (Lipinski definition) is 4. The first-order valence-electron chi connectivity index (χ1n) is 18.9. The van der Waals surface area contributed by atoms with Gasteiger partial charge in [0.1, 0.15) is 11.2 Å². The second kappa shape index (κ2) is 11.9. The third-order valence-corrected chi connectivity index (χ3v) is 11.2. The van der Waals surface area contributed by atoms with Crippen LogP contribution < -0.4 is 0 Å². The van der Waals surface area contributed by atoms with Gasteiger partial charge in [0.05, 0.1) is 11.0 Å². The van der Waals surface area contributed by atoms with Crippen molar-refractivity contribution < 1.29 is 4.42 Å². The van der Waals surface area contributed by atoms with Crippen LogP contribution in [0.5, 0.6) is 0 Å². The highest BCUT2D eigenvalue weighted by Gasteiger charge is 2.24. The number of para-hydroxylation sites is 2. The first-order valence-corrected chi connectivity index (χ1v) is 18.9. The third-order valence-electron chi connectivity index (χ3n) is 11.2. The lowest BCUT2D eigenvalue weighted by Gasteiger charge is -2.14. The Kier molecular flexibility index (Phi) is 6.56. The lowest BCUT2D eigenvalue weighted by atomic mass is 9.93. The number of furan rings is 1. The summed E-state index contributed by atoms with van der Waals surface area (Å²) >= 11 is 0. The maximum Gasteiger partial charge on any atom is 0.238 e. The summed E-state index contributed by atoms with van der Waals surface area (Å²) in [4.78, 5) is 15.8. The van der Waals surface area contributed by atoms with Crippen molar-refractivity contribution in [1.29, 1.82) is 0 Å². The van der Waals surface area contributed by atoms with Crippen molar-refractivity contribution in [2.24, 2.45) is 0 Å². The van der Waals surface area contributed by atoms with Crippen LogP contribution in [0, 0.1) is 0 Å². The molecule has 0 atom stereocenters. The quantitative estimate of drug-likeness (QED) is 0.182. The predicted molar refractivity (Wildman–Crippen MR) is 230 cm³/mol. The van der Waals surface area contributed by atoms with Gasteiger partial charge in [0.2, 0.25) is 5.95 Å². The third kappa shape index (κ3) is 4.64. The van der Waals surface area contributed by atoms with Gasteiger partial charge in [-0.2, -0.15) is 9.97 Å². The largest absolute Gasteiger partial charge is 0.455 e. The van der Waals surface area contributed by atoms with E-state index in [1.54, 1.807) is 0 Å². The van der Waals surface area contributed by atoms with Gasteiger partial charge in [-0.15, -0.1) is 0 Å². The molecule has 0 spiro atoms. The molecule has 0 aliphatic carbocycles. The molecular formula is C51H30N4O. The van der Waals surface area contributed by atoms with Crippen LogP contribution in [-0.2, 0) is 0 Å². The van der Waals surface area contributed by atoms with Gasteiger partial charge in [0, 0.05) is 43.8 Å². The summed E-state index contributed by atoms with van der Waals surface area (Å²) in [6, 6.07) is 63.9. The Labute approximate surface area is 320 Å². The second-order valence-electron chi connectivity index (χ2n) is 14.4. The molecule has 5 nitrogen and oxygen atoms in total. The van der Waals surface area contributed by atoms with E-state index < -0.39 is 0 Å². The van der Waals surface area contributed by atoms with Crippen LogP contribution in [0.1, 0.15) is 0 Å². The zero-order valence-corrected chi connectivity index (χ0v) is 30.0. The van der Waals surface area contributed by atoms with Gasteiger partial charge in [0.25, 0.3) is 0 Å². The minimum atomic E-state index is 0.547. The number of rotatable bonds is 4. The van der Waals surface area contributed by atoms with E-state index in [9.17, 15) is 0 Å². The molecule has 0 aliphatic rings. The highest BCUT2D eigenvalue weighted by molar-refractivity contribution is 6.23. The SMILES string of the molecule is c1ccc(-c2nc(-c3ccc4ccccc4c3)nc(-n3c4cc5ccccc5cc4c4cccc(-c5c6ccccc6cc6c5oc5ccccc56)c43)n2)cc1. The smallest absolute Gasteiger partial charge is 0.238 e. The molecule has 9 aromatic carbocycles. The van der Waals surface area contributed by atoms with Crippen molar-refractivity contribution >= 4 is 76.1 Å². The van der Waals surface area contributed by atoms with E-state index in [1.165, 1.54) is 10.8 Å². The van der Waals surface area contributed by atoms with Crippen LogP contribution in [0.3, 0.4) is 0 Å². The molecule has 5 heteroatoms. The van der Waals surface area contributed by atoms with Crippen LogP contribution in [0.25, 0.3) is 116 Å². The van der Waals surface area contributed by atoms with Crippen LogP contribution in [0.15, 0.2) is 186 Å². The lowest BCUT2D eigenvalue weighted by Crippen LogP contribution is -2.07. The molecule has 3 heterocycles. The topological polar surface area (TPSA) is 56.7 Å². The Morgan fingerprint density at radius 3 is 1.84 bits per heavy atom. The van der Waals surface area contributed by atoms with Crippen molar-refractivity contribution in [3.05, 3.63) is 182 Å². The maximum absolute atomic E-state index is 6.82. The summed E-state index contributed by atoms with van der Waals surface area (Å²) in [7, 11) is 0. The average Bonchev–Trinajstić information content (AvgIpc) is 3.80. The molecule has 56 heavy (non-hydrogen) atoms. The minimum Gasteiger partial charge on any atom is -0.455 e. The van der Waals surface area contributed by atoms with E-state index in [2.05, 4.69) is 162 Å². The molecule has 12 aromatic rings. The summed E-state index contributed by atoms with van der Waals surface area (Å²) in [6.45, 7) is 0. The Bertz CT molecular complexity index is 3540. The number of aromatic nitrogens is 4. The lowest BCUT2D eigenvalue weighted by molar-refractivity contribution is 0.670. The van der Waals surface area contributed by atoms with E-state index in [4.69, 9.17) is 19.4 Å². The van der Waals surface area contributed by atoms with E-state index in [1.807, 2.05) is 24.3 Å². The molecule has 0 fully saturated rings. The van der Waals surface area contributed by atoms with Crippen LogP contribution in [0.4, 0.5) is 0 Å². The van der Waals surface area contributed by atoms with Crippen LogP contribution >= 0.6 is 0 Å². The van der Waals surface area contributed by atoms with Crippen molar-refractivity contribution in [3.8, 4) is 39.9 Å². The number of nitrogens with zero attached hydrogens (tertiary/aromatic N) is 4. The molecule has 0 N–H and O–H groups in total. The molecule has 0 unspecified atom stereocenters. The number of benzene rings is 9. The molecule has 0 saturated carbocycles. The Balaban J connectivity index is 1.25. The van der Waals surface area contributed by atoms with E-state index >= 15 is 0 Å². The monoisotopic (exact) mass is 714 g/mol. The molecule has 12 rings (SSSR count). The summed E-state index contributed by atoms with van der Waals surface area (Å²) in [5, 5.41) is 11.3. The fourth-order valence-electron chi connectivity index (χ4n) is 8.59. The Morgan fingerprint density at radius 2 is 1.02 bits per heavy atom. The second-order valence-corrected chi connectivity index (χ2v) is 14.4. The number of fused-ring (bicyclic) bond motifs is 9.